The molecule has 2 amide bonds. The summed E-state index contributed by atoms with van der Waals surface area (Å²) >= 11 is 0. The molecule has 0 aliphatic rings. The Bertz CT molecular complexity index is 1380. The molecule has 0 radical (unpaired) electrons. The maximum atomic E-state index is 12.5. The van der Waals surface area contributed by atoms with Gasteiger partial charge in [0.25, 0.3) is 0 Å². The van der Waals surface area contributed by atoms with Gasteiger partial charge in [-0.15, -0.1) is 0 Å². The molecule has 3 aromatic heterocycles. The van der Waals surface area contributed by atoms with Gasteiger partial charge in [-0.25, -0.2) is 14.8 Å². The first-order valence-electron chi connectivity index (χ1n) is 9.81. The van der Waals surface area contributed by atoms with E-state index in [4.69, 9.17) is 23.5 Å². The van der Waals surface area contributed by atoms with E-state index in [-0.39, 0.29) is 6.03 Å². The van der Waals surface area contributed by atoms with Crippen LogP contribution in [0.15, 0.2) is 88.1 Å². The molecule has 158 valence electrons. The zero-order valence-electron chi connectivity index (χ0n) is 17.0. The number of carbonyl (C=O) groups excluding carboxylic acids is 1. The summed E-state index contributed by atoms with van der Waals surface area (Å²) in [5.41, 5.74) is 3.58. The van der Waals surface area contributed by atoms with Crippen molar-refractivity contribution in [1.29, 1.82) is 0 Å². The molecule has 0 saturated carbocycles. The Morgan fingerprint density at radius 3 is 2.06 bits per heavy atom. The van der Waals surface area contributed by atoms with E-state index in [2.05, 4.69) is 10.6 Å². The summed E-state index contributed by atoms with van der Waals surface area (Å²) in [4.78, 5) is 21.9. The average molecular weight is 426 g/mol. The topological polar surface area (TPSA) is 102 Å². The quantitative estimate of drug-likeness (QED) is 0.368. The molecule has 0 saturated heterocycles. The first-order chi connectivity index (χ1) is 15.7. The second-order valence-electron chi connectivity index (χ2n) is 6.89. The molecule has 3 heterocycles. The first-order valence-corrected chi connectivity index (χ1v) is 9.81. The molecule has 0 unspecified atom stereocenters. The molecular formula is C24H18N4O4. The zero-order chi connectivity index (χ0) is 21.9. The van der Waals surface area contributed by atoms with E-state index in [1.54, 1.807) is 74.2 Å². The average Bonchev–Trinajstić information content (AvgIpc) is 3.53. The molecule has 5 rings (SSSR count). The molecule has 5 aromatic rings. The minimum absolute atomic E-state index is 0.385. The molecule has 32 heavy (non-hydrogen) atoms. The number of fused-ring (bicyclic) bond motifs is 1. The fraction of sp³-hybridized carbons (Fsp3) is 0.0417. The van der Waals surface area contributed by atoms with E-state index in [9.17, 15) is 4.79 Å². The molecule has 8 nitrogen and oxygen atoms in total. The molecular weight excluding hydrogens is 408 g/mol. The minimum atomic E-state index is -0.385. The summed E-state index contributed by atoms with van der Waals surface area (Å²) in [5.74, 6) is 1.81. The summed E-state index contributed by atoms with van der Waals surface area (Å²) in [5, 5.41) is 5.60. The van der Waals surface area contributed by atoms with Crippen LogP contribution in [0.25, 0.3) is 33.9 Å². The Morgan fingerprint density at radius 2 is 1.44 bits per heavy atom. The molecule has 0 bridgehead atoms. The van der Waals surface area contributed by atoms with Crippen molar-refractivity contribution in [3.8, 4) is 28.7 Å². The normalized spacial score (nSPS) is 10.8. The van der Waals surface area contributed by atoms with Crippen molar-refractivity contribution in [2.24, 2.45) is 0 Å². The number of ether oxygens (including phenoxy) is 1. The van der Waals surface area contributed by atoms with Crippen LogP contribution in [-0.4, -0.2) is 23.1 Å². The highest BCUT2D eigenvalue weighted by atomic mass is 16.5. The number of benzene rings is 2. The van der Waals surface area contributed by atoms with Gasteiger partial charge in [0.05, 0.1) is 30.7 Å². The van der Waals surface area contributed by atoms with Gasteiger partial charge in [0.2, 0.25) is 0 Å². The van der Waals surface area contributed by atoms with Crippen LogP contribution in [-0.2, 0) is 0 Å². The molecule has 0 aliphatic carbocycles. The van der Waals surface area contributed by atoms with Gasteiger partial charge in [0.1, 0.15) is 17.1 Å². The number of furan rings is 2. The van der Waals surface area contributed by atoms with E-state index >= 15 is 0 Å². The van der Waals surface area contributed by atoms with Gasteiger partial charge in [-0.2, -0.15) is 0 Å². The summed E-state index contributed by atoms with van der Waals surface area (Å²) in [6.45, 7) is 0. The van der Waals surface area contributed by atoms with Gasteiger partial charge in [0, 0.05) is 17.4 Å². The van der Waals surface area contributed by atoms with Gasteiger partial charge < -0.3 is 24.2 Å². The lowest BCUT2D eigenvalue weighted by Gasteiger charge is -2.10. The number of urea groups is 1. The Hall–Kier alpha value is -4.59. The summed E-state index contributed by atoms with van der Waals surface area (Å²) in [7, 11) is 1.57. The number of aromatic nitrogens is 2. The number of hydrogen-bond donors (Lipinski definition) is 2. The van der Waals surface area contributed by atoms with Crippen LogP contribution in [0.4, 0.5) is 16.2 Å². The molecule has 0 fully saturated rings. The number of nitrogens with one attached hydrogen (secondary N) is 2. The Kier molecular flexibility index (Phi) is 5.01. The number of rotatable bonds is 5. The predicted molar refractivity (Wildman–Crippen MR) is 121 cm³/mol. The Morgan fingerprint density at radius 1 is 0.781 bits per heavy atom. The van der Waals surface area contributed by atoms with Crippen molar-refractivity contribution in [1.82, 2.24) is 9.97 Å². The van der Waals surface area contributed by atoms with Crippen LogP contribution < -0.4 is 15.4 Å². The number of anilines is 2. The van der Waals surface area contributed by atoms with Gasteiger partial charge >= 0.3 is 6.03 Å². The number of nitrogens with zero attached hydrogens (tertiary/aromatic N) is 2. The highest BCUT2D eigenvalue weighted by Crippen LogP contribution is 2.32. The molecule has 0 aliphatic heterocycles. The molecule has 0 spiro atoms. The number of methoxy groups -OCH3 is 1. The van der Waals surface area contributed by atoms with E-state index in [0.717, 1.165) is 0 Å². The lowest BCUT2D eigenvalue weighted by Crippen LogP contribution is -2.19. The highest BCUT2D eigenvalue weighted by molar-refractivity contribution is 6.01. The highest BCUT2D eigenvalue weighted by Gasteiger charge is 2.17. The molecule has 2 aromatic carbocycles. The third kappa shape index (κ3) is 3.89. The van der Waals surface area contributed by atoms with Crippen molar-refractivity contribution < 1.29 is 18.4 Å². The standard InChI is InChI=1S/C24H18N4O4/c1-30-17-6-2-5-15(13-17)25-24(29)26-16-9-10-18-19(14-16)28-23(21-8-4-12-32-21)22(27-18)20-7-3-11-31-20/h2-14H,1H3,(H2,25,26,29). The number of hydrogen-bond acceptors (Lipinski definition) is 6. The maximum Gasteiger partial charge on any atom is 0.323 e. The van der Waals surface area contributed by atoms with E-state index in [1.807, 2.05) is 12.1 Å². The lowest BCUT2D eigenvalue weighted by molar-refractivity contribution is 0.262. The lowest BCUT2D eigenvalue weighted by atomic mass is 10.1. The van der Waals surface area contributed by atoms with Gasteiger partial charge in [-0.1, -0.05) is 6.07 Å². The predicted octanol–water partition coefficient (Wildman–Crippen LogP) is 5.80. The van der Waals surface area contributed by atoms with Gasteiger partial charge in [0.15, 0.2) is 11.5 Å². The van der Waals surface area contributed by atoms with Crippen molar-refractivity contribution in [2.75, 3.05) is 17.7 Å². The number of amides is 2. The van der Waals surface area contributed by atoms with Crippen LogP contribution in [0.1, 0.15) is 0 Å². The smallest absolute Gasteiger partial charge is 0.323 e. The number of carbonyl (C=O) groups is 1. The second-order valence-corrected chi connectivity index (χ2v) is 6.89. The Labute approximate surface area is 182 Å². The van der Waals surface area contributed by atoms with Crippen LogP contribution in [0.5, 0.6) is 5.75 Å². The van der Waals surface area contributed by atoms with Crippen molar-refractivity contribution in [3.05, 3.63) is 79.3 Å². The maximum absolute atomic E-state index is 12.5. The van der Waals surface area contributed by atoms with Crippen molar-refractivity contribution >= 4 is 28.4 Å². The summed E-state index contributed by atoms with van der Waals surface area (Å²) in [6, 6.07) is 19.3. The Balaban J connectivity index is 1.45. The van der Waals surface area contributed by atoms with Crippen LogP contribution in [0, 0.1) is 0 Å². The SMILES string of the molecule is COc1cccc(NC(=O)Nc2ccc3nc(-c4ccco4)c(-c4ccco4)nc3c2)c1. The molecule has 8 heteroatoms. The monoisotopic (exact) mass is 426 g/mol. The fourth-order valence-corrected chi connectivity index (χ4v) is 3.30. The van der Waals surface area contributed by atoms with Crippen LogP contribution in [0.2, 0.25) is 0 Å². The zero-order valence-corrected chi connectivity index (χ0v) is 17.0. The van der Waals surface area contributed by atoms with E-state index in [1.165, 1.54) is 0 Å². The first kappa shape index (κ1) is 19.4. The molecule has 0 atom stereocenters. The largest absolute Gasteiger partial charge is 0.497 e. The third-order valence-electron chi connectivity index (χ3n) is 4.76. The van der Waals surface area contributed by atoms with Crippen LogP contribution >= 0.6 is 0 Å². The fourth-order valence-electron chi connectivity index (χ4n) is 3.30. The van der Waals surface area contributed by atoms with Gasteiger partial charge in [-0.05, 0) is 54.6 Å². The second kappa shape index (κ2) is 8.27. The summed E-state index contributed by atoms with van der Waals surface area (Å²) < 4.78 is 16.3. The summed E-state index contributed by atoms with van der Waals surface area (Å²) in [6.07, 6.45) is 3.16. The minimum Gasteiger partial charge on any atom is -0.497 e. The van der Waals surface area contributed by atoms with Crippen LogP contribution in [0.3, 0.4) is 0 Å². The van der Waals surface area contributed by atoms with E-state index < -0.39 is 0 Å². The van der Waals surface area contributed by atoms with Crippen molar-refractivity contribution in [2.45, 2.75) is 0 Å². The van der Waals surface area contributed by atoms with Gasteiger partial charge in [-0.3, -0.25) is 0 Å². The van der Waals surface area contributed by atoms with Crippen molar-refractivity contribution in [3.63, 3.8) is 0 Å². The molecule has 2 N–H and O–H groups in total. The van der Waals surface area contributed by atoms with E-state index in [0.29, 0.717) is 51.1 Å². The third-order valence-corrected chi connectivity index (χ3v) is 4.76.